The zero-order valence-electron chi connectivity index (χ0n) is 41.1. The lowest BCUT2D eigenvalue weighted by atomic mass is 10.0. The van der Waals surface area contributed by atoms with Crippen LogP contribution in [0.3, 0.4) is 0 Å². The molecule has 0 spiro atoms. The number of ether oxygens (including phenoxy) is 3. The second kappa shape index (κ2) is 46.9. The second-order valence-corrected chi connectivity index (χ2v) is 19.5. The van der Waals surface area contributed by atoms with Crippen molar-refractivity contribution in [3.05, 3.63) is 0 Å². The maximum absolute atomic E-state index is 12.8. The molecule has 6 nitrogen and oxygen atoms in total. The summed E-state index contributed by atoms with van der Waals surface area (Å²) >= 11 is 0. The Hall–Kier alpha value is -1.59. The van der Waals surface area contributed by atoms with Crippen molar-refractivity contribution < 1.29 is 28.6 Å². The Bertz CT molecular complexity index is 916. The molecule has 0 saturated carbocycles. The molecule has 60 heavy (non-hydrogen) atoms. The molecule has 0 aliphatic carbocycles. The van der Waals surface area contributed by atoms with Crippen LogP contribution < -0.4 is 0 Å². The lowest BCUT2D eigenvalue weighted by molar-refractivity contribution is -0.167. The second-order valence-electron chi connectivity index (χ2n) is 19.5. The highest BCUT2D eigenvalue weighted by Gasteiger charge is 2.19. The van der Waals surface area contributed by atoms with Gasteiger partial charge in [0, 0.05) is 19.3 Å². The summed E-state index contributed by atoms with van der Waals surface area (Å²) < 4.78 is 16.8. The first-order chi connectivity index (χ1) is 29.2. The molecule has 0 aromatic rings. The molecule has 1 atom stereocenters. The van der Waals surface area contributed by atoms with Crippen LogP contribution in [0.15, 0.2) is 0 Å². The summed E-state index contributed by atoms with van der Waals surface area (Å²) in [4.78, 5) is 37.9. The number of carbonyl (C=O) groups is 3. The number of hydrogen-bond acceptors (Lipinski definition) is 6. The van der Waals surface area contributed by atoms with Gasteiger partial charge in [0.05, 0.1) is 0 Å². The summed E-state index contributed by atoms with van der Waals surface area (Å²) in [6.07, 6.45) is 48.1. The van der Waals surface area contributed by atoms with E-state index in [-0.39, 0.29) is 31.1 Å². The van der Waals surface area contributed by atoms with E-state index in [0.29, 0.717) is 19.3 Å². The monoisotopic (exact) mass is 849 g/mol. The molecule has 0 aromatic heterocycles. The van der Waals surface area contributed by atoms with E-state index >= 15 is 0 Å². The van der Waals surface area contributed by atoms with Gasteiger partial charge < -0.3 is 14.2 Å². The Morgan fingerprint density at radius 1 is 0.317 bits per heavy atom. The van der Waals surface area contributed by atoms with Gasteiger partial charge in [0.1, 0.15) is 13.2 Å². The topological polar surface area (TPSA) is 78.9 Å². The molecule has 6 heteroatoms. The van der Waals surface area contributed by atoms with Crippen LogP contribution in [0.1, 0.15) is 298 Å². The Kier molecular flexibility index (Phi) is 45.7. The van der Waals surface area contributed by atoms with Crippen molar-refractivity contribution in [2.45, 2.75) is 304 Å². The van der Waals surface area contributed by atoms with Crippen LogP contribution in [0.5, 0.6) is 0 Å². The molecule has 0 heterocycles. The van der Waals surface area contributed by atoms with Crippen LogP contribution in [-0.4, -0.2) is 37.2 Å². The molecule has 0 amide bonds. The fourth-order valence-corrected chi connectivity index (χ4v) is 8.17. The summed E-state index contributed by atoms with van der Waals surface area (Å²) in [5, 5.41) is 0. The Morgan fingerprint density at radius 2 is 0.550 bits per heavy atom. The SMILES string of the molecule is CCCCCCCCCCCCCCC(=O)OC[C@@H](COC(=O)CCCCCCCCCCCCCCCCCCC(C)C)OC(=O)CCCCCCCCCCC(C)C. The van der Waals surface area contributed by atoms with Gasteiger partial charge in [-0.05, 0) is 31.1 Å². The van der Waals surface area contributed by atoms with Crippen LogP contribution in [0.2, 0.25) is 0 Å². The first-order valence-electron chi connectivity index (χ1n) is 26.7. The minimum atomic E-state index is -0.761. The van der Waals surface area contributed by atoms with Gasteiger partial charge >= 0.3 is 17.9 Å². The third-order valence-corrected chi connectivity index (χ3v) is 12.2. The average molecular weight is 849 g/mol. The van der Waals surface area contributed by atoms with Gasteiger partial charge in [0.2, 0.25) is 0 Å². The van der Waals surface area contributed by atoms with Crippen LogP contribution >= 0.6 is 0 Å². The highest BCUT2D eigenvalue weighted by molar-refractivity contribution is 5.71. The first kappa shape index (κ1) is 58.4. The van der Waals surface area contributed by atoms with E-state index in [2.05, 4.69) is 34.6 Å². The molecule has 0 aliphatic heterocycles. The molecular weight excluding hydrogens is 745 g/mol. The van der Waals surface area contributed by atoms with Gasteiger partial charge in [0.15, 0.2) is 6.10 Å². The number of unbranched alkanes of at least 4 members (excludes halogenated alkanes) is 33. The van der Waals surface area contributed by atoms with E-state index in [1.807, 2.05) is 0 Å². The van der Waals surface area contributed by atoms with Gasteiger partial charge in [0.25, 0.3) is 0 Å². The van der Waals surface area contributed by atoms with E-state index < -0.39 is 6.10 Å². The maximum atomic E-state index is 12.8. The van der Waals surface area contributed by atoms with Gasteiger partial charge in [-0.1, -0.05) is 259 Å². The first-order valence-corrected chi connectivity index (χ1v) is 26.7. The Balaban J connectivity index is 4.24. The lowest BCUT2D eigenvalue weighted by Crippen LogP contribution is -2.30. The van der Waals surface area contributed by atoms with E-state index in [1.54, 1.807) is 0 Å². The molecular formula is C54H104O6. The number of carbonyl (C=O) groups excluding carboxylic acids is 3. The number of hydrogen-bond donors (Lipinski definition) is 0. The third-order valence-electron chi connectivity index (χ3n) is 12.2. The van der Waals surface area contributed by atoms with E-state index in [1.165, 1.54) is 186 Å². The zero-order chi connectivity index (χ0) is 44.0. The maximum Gasteiger partial charge on any atom is 0.306 e. The minimum absolute atomic E-state index is 0.0638. The normalized spacial score (nSPS) is 12.1. The van der Waals surface area contributed by atoms with E-state index in [4.69, 9.17) is 14.2 Å². The van der Waals surface area contributed by atoms with Crippen LogP contribution in [0.25, 0.3) is 0 Å². The average Bonchev–Trinajstić information content (AvgIpc) is 3.22. The van der Waals surface area contributed by atoms with Gasteiger partial charge in [-0.15, -0.1) is 0 Å². The van der Waals surface area contributed by atoms with Crippen molar-refractivity contribution in [2.75, 3.05) is 13.2 Å². The molecule has 0 unspecified atom stereocenters. The highest BCUT2D eigenvalue weighted by atomic mass is 16.6. The van der Waals surface area contributed by atoms with Gasteiger partial charge in [-0.25, -0.2) is 0 Å². The van der Waals surface area contributed by atoms with Gasteiger partial charge in [-0.3, -0.25) is 14.4 Å². The molecule has 0 radical (unpaired) electrons. The molecule has 0 bridgehead atoms. The lowest BCUT2D eigenvalue weighted by Gasteiger charge is -2.18. The van der Waals surface area contributed by atoms with Crippen LogP contribution in [0, 0.1) is 11.8 Å². The Labute approximate surface area is 374 Å². The zero-order valence-corrected chi connectivity index (χ0v) is 41.1. The van der Waals surface area contributed by atoms with E-state index in [0.717, 1.165) is 69.6 Å². The van der Waals surface area contributed by atoms with Crippen molar-refractivity contribution in [1.29, 1.82) is 0 Å². The standard InChI is InChI=1S/C54H104O6/c1-6-7-8-9-10-11-12-20-23-29-34-39-44-52(55)58-47-51(60-54(57)46-41-36-31-26-25-28-33-38-43-50(4)5)48-59-53(56)45-40-35-30-24-21-18-16-14-13-15-17-19-22-27-32-37-42-49(2)3/h49-51H,6-48H2,1-5H3/t51-/m0/s1. The summed E-state index contributed by atoms with van der Waals surface area (Å²) in [6, 6.07) is 0. The van der Waals surface area contributed by atoms with Crippen molar-refractivity contribution in [1.82, 2.24) is 0 Å². The molecule has 356 valence electrons. The van der Waals surface area contributed by atoms with Crippen molar-refractivity contribution in [2.24, 2.45) is 11.8 Å². The molecule has 0 aliphatic rings. The van der Waals surface area contributed by atoms with Gasteiger partial charge in [-0.2, -0.15) is 0 Å². The summed E-state index contributed by atoms with van der Waals surface area (Å²) in [5.74, 6) is 0.798. The molecule has 0 saturated heterocycles. The van der Waals surface area contributed by atoms with Crippen LogP contribution in [-0.2, 0) is 28.6 Å². The predicted molar refractivity (Wildman–Crippen MR) is 256 cm³/mol. The highest BCUT2D eigenvalue weighted by Crippen LogP contribution is 2.18. The van der Waals surface area contributed by atoms with Crippen molar-refractivity contribution in [3.8, 4) is 0 Å². The smallest absolute Gasteiger partial charge is 0.306 e. The van der Waals surface area contributed by atoms with Crippen molar-refractivity contribution >= 4 is 17.9 Å². The third kappa shape index (κ3) is 47.5. The fourth-order valence-electron chi connectivity index (χ4n) is 8.17. The quantitative estimate of drug-likeness (QED) is 0.0345. The summed E-state index contributed by atoms with van der Waals surface area (Å²) in [7, 11) is 0. The summed E-state index contributed by atoms with van der Waals surface area (Å²) in [6.45, 7) is 11.4. The van der Waals surface area contributed by atoms with E-state index in [9.17, 15) is 14.4 Å². The summed E-state index contributed by atoms with van der Waals surface area (Å²) in [5.41, 5.74) is 0. The number of rotatable bonds is 48. The molecule has 0 fully saturated rings. The predicted octanol–water partition coefficient (Wildman–Crippen LogP) is 17.3. The number of esters is 3. The van der Waals surface area contributed by atoms with Crippen LogP contribution in [0.4, 0.5) is 0 Å². The molecule has 0 aromatic carbocycles. The Morgan fingerprint density at radius 3 is 0.817 bits per heavy atom. The minimum Gasteiger partial charge on any atom is -0.462 e. The largest absolute Gasteiger partial charge is 0.462 e. The fraction of sp³-hybridized carbons (Fsp3) is 0.944. The van der Waals surface area contributed by atoms with Crippen molar-refractivity contribution in [3.63, 3.8) is 0 Å². The molecule has 0 N–H and O–H groups in total. The molecule has 0 rings (SSSR count).